The average Bonchev–Trinajstić information content (AvgIpc) is 2.20. The van der Waals surface area contributed by atoms with Gasteiger partial charge in [-0.15, -0.1) is 0 Å². The molecule has 0 aliphatic rings. The van der Waals surface area contributed by atoms with E-state index < -0.39 is 6.04 Å². The molecule has 1 rings (SSSR count). The predicted octanol–water partition coefficient (Wildman–Crippen LogP) is 1.52. The molecule has 0 fully saturated rings. The van der Waals surface area contributed by atoms with Crippen LogP contribution in [0.1, 0.15) is 13.3 Å². The highest BCUT2D eigenvalue weighted by atomic mass is 79.9. The number of hydrogen-bond acceptors (Lipinski definition) is 3. The van der Waals surface area contributed by atoms with Crippen LogP contribution in [0, 0.1) is 0 Å². The largest absolute Gasteiger partial charge is 0.323 e. The first-order valence-corrected chi connectivity index (χ1v) is 5.10. The quantitative estimate of drug-likeness (QED) is 0.807. The van der Waals surface area contributed by atoms with Gasteiger partial charge in [-0.25, -0.2) is 4.98 Å². The van der Waals surface area contributed by atoms with Crippen molar-refractivity contribution in [1.82, 2.24) is 4.98 Å². The summed E-state index contributed by atoms with van der Waals surface area (Å²) in [4.78, 5) is 15.3. The molecule has 0 aliphatic carbocycles. The summed E-state index contributed by atoms with van der Waals surface area (Å²) < 4.78 is 0.732. The summed E-state index contributed by atoms with van der Waals surface area (Å²) in [6.07, 6.45) is 2.19. The maximum Gasteiger partial charge on any atom is 0.241 e. The van der Waals surface area contributed by atoms with E-state index in [2.05, 4.69) is 26.2 Å². The molecule has 0 saturated heterocycles. The first kappa shape index (κ1) is 11.1. The highest BCUT2D eigenvalue weighted by Crippen LogP contribution is 2.10. The lowest BCUT2D eigenvalue weighted by atomic mass is 10.2. The van der Waals surface area contributed by atoms with Crippen LogP contribution in [0.5, 0.6) is 0 Å². The first-order valence-electron chi connectivity index (χ1n) is 4.31. The van der Waals surface area contributed by atoms with Gasteiger partial charge in [0.1, 0.15) is 4.60 Å². The predicted molar refractivity (Wildman–Crippen MR) is 58.8 cm³/mol. The van der Waals surface area contributed by atoms with Gasteiger partial charge in [-0.05, 0) is 34.5 Å². The molecule has 0 radical (unpaired) electrons. The number of carbonyl (C=O) groups is 1. The van der Waals surface area contributed by atoms with E-state index >= 15 is 0 Å². The molecule has 0 saturated carbocycles. The van der Waals surface area contributed by atoms with Gasteiger partial charge in [-0.2, -0.15) is 0 Å². The van der Waals surface area contributed by atoms with Crippen LogP contribution >= 0.6 is 15.9 Å². The van der Waals surface area contributed by atoms with Crippen molar-refractivity contribution in [1.29, 1.82) is 0 Å². The first-order chi connectivity index (χ1) is 6.63. The van der Waals surface area contributed by atoms with Crippen LogP contribution in [0.3, 0.4) is 0 Å². The van der Waals surface area contributed by atoms with Crippen molar-refractivity contribution in [3.8, 4) is 0 Å². The van der Waals surface area contributed by atoms with Gasteiger partial charge in [-0.3, -0.25) is 4.79 Å². The summed E-state index contributed by atoms with van der Waals surface area (Å²) in [5.41, 5.74) is 6.21. The van der Waals surface area contributed by atoms with E-state index in [-0.39, 0.29) is 5.91 Å². The standard InChI is InChI=1S/C9H12BrN3O/c1-2-7(11)9(14)13-6-3-4-8(10)12-5-6/h3-5,7H,2,11H2,1H3,(H,13,14)/t7-/m0/s1. The van der Waals surface area contributed by atoms with Crippen molar-refractivity contribution in [2.24, 2.45) is 5.73 Å². The highest BCUT2D eigenvalue weighted by molar-refractivity contribution is 9.10. The van der Waals surface area contributed by atoms with Gasteiger partial charge in [-0.1, -0.05) is 6.92 Å². The second kappa shape index (κ2) is 5.07. The number of hydrogen-bond donors (Lipinski definition) is 2. The summed E-state index contributed by atoms with van der Waals surface area (Å²) in [5, 5.41) is 2.67. The smallest absolute Gasteiger partial charge is 0.241 e. The van der Waals surface area contributed by atoms with Crippen LogP contribution in [0.15, 0.2) is 22.9 Å². The Balaban J connectivity index is 2.60. The Morgan fingerprint density at radius 2 is 2.43 bits per heavy atom. The summed E-state index contributed by atoms with van der Waals surface area (Å²) in [5.74, 6) is -0.184. The molecule has 0 aliphatic heterocycles. The van der Waals surface area contributed by atoms with Crippen molar-refractivity contribution in [3.63, 3.8) is 0 Å². The van der Waals surface area contributed by atoms with Crippen molar-refractivity contribution in [2.45, 2.75) is 19.4 Å². The maximum atomic E-state index is 11.4. The van der Waals surface area contributed by atoms with Gasteiger partial charge >= 0.3 is 0 Å². The molecular formula is C9H12BrN3O. The van der Waals surface area contributed by atoms with E-state index in [1.165, 1.54) is 0 Å². The monoisotopic (exact) mass is 257 g/mol. The Hall–Kier alpha value is -0.940. The Morgan fingerprint density at radius 1 is 1.71 bits per heavy atom. The zero-order chi connectivity index (χ0) is 10.6. The summed E-state index contributed by atoms with van der Waals surface area (Å²) >= 11 is 3.21. The van der Waals surface area contributed by atoms with Crippen LogP contribution < -0.4 is 11.1 Å². The minimum absolute atomic E-state index is 0.184. The fourth-order valence-electron chi connectivity index (χ4n) is 0.870. The number of nitrogens with one attached hydrogen (secondary N) is 1. The number of aromatic nitrogens is 1. The molecule has 1 heterocycles. The van der Waals surface area contributed by atoms with E-state index in [0.717, 1.165) is 4.60 Å². The van der Waals surface area contributed by atoms with E-state index in [0.29, 0.717) is 12.1 Å². The summed E-state index contributed by atoms with van der Waals surface area (Å²) in [6.45, 7) is 1.87. The molecule has 1 amide bonds. The number of rotatable bonds is 3. The molecule has 0 spiro atoms. The second-order valence-corrected chi connectivity index (χ2v) is 3.69. The van der Waals surface area contributed by atoms with Crippen molar-refractivity contribution >= 4 is 27.5 Å². The lowest BCUT2D eigenvalue weighted by Gasteiger charge is -2.09. The van der Waals surface area contributed by atoms with E-state index in [1.807, 2.05) is 6.92 Å². The molecule has 5 heteroatoms. The molecule has 3 N–H and O–H groups in total. The number of amides is 1. The molecule has 76 valence electrons. The summed E-state index contributed by atoms with van der Waals surface area (Å²) in [7, 11) is 0. The summed E-state index contributed by atoms with van der Waals surface area (Å²) in [6, 6.07) is 3.06. The second-order valence-electron chi connectivity index (χ2n) is 2.87. The zero-order valence-electron chi connectivity index (χ0n) is 7.83. The lowest BCUT2D eigenvalue weighted by molar-refractivity contribution is -0.117. The minimum atomic E-state index is -0.460. The molecule has 0 aromatic carbocycles. The lowest BCUT2D eigenvalue weighted by Crippen LogP contribution is -2.34. The molecule has 0 unspecified atom stereocenters. The van der Waals surface area contributed by atoms with E-state index in [9.17, 15) is 4.79 Å². The maximum absolute atomic E-state index is 11.4. The van der Waals surface area contributed by atoms with Gasteiger partial charge in [0.15, 0.2) is 0 Å². The van der Waals surface area contributed by atoms with Crippen molar-refractivity contribution in [3.05, 3.63) is 22.9 Å². The Labute approximate surface area is 91.0 Å². The molecule has 14 heavy (non-hydrogen) atoms. The molecule has 0 bridgehead atoms. The number of nitrogens with two attached hydrogens (primary N) is 1. The van der Waals surface area contributed by atoms with Crippen molar-refractivity contribution in [2.75, 3.05) is 5.32 Å². The number of nitrogens with zero attached hydrogens (tertiary/aromatic N) is 1. The minimum Gasteiger partial charge on any atom is -0.323 e. The molecule has 1 aromatic heterocycles. The molecule has 1 atom stereocenters. The van der Waals surface area contributed by atoms with Gasteiger partial charge in [0.2, 0.25) is 5.91 Å². The third-order valence-corrected chi connectivity index (χ3v) is 2.24. The van der Waals surface area contributed by atoms with Gasteiger partial charge < -0.3 is 11.1 Å². The topological polar surface area (TPSA) is 68.0 Å². The zero-order valence-corrected chi connectivity index (χ0v) is 9.41. The number of carbonyl (C=O) groups excluding carboxylic acids is 1. The van der Waals surface area contributed by atoms with Crippen LogP contribution in [-0.2, 0) is 4.79 Å². The fourth-order valence-corrected chi connectivity index (χ4v) is 1.10. The van der Waals surface area contributed by atoms with E-state index in [4.69, 9.17) is 5.73 Å². The van der Waals surface area contributed by atoms with Crippen LogP contribution in [0.4, 0.5) is 5.69 Å². The van der Waals surface area contributed by atoms with Crippen LogP contribution in [0.25, 0.3) is 0 Å². The van der Waals surface area contributed by atoms with Gasteiger partial charge in [0, 0.05) is 0 Å². The normalized spacial score (nSPS) is 12.2. The molecular weight excluding hydrogens is 246 g/mol. The fraction of sp³-hybridized carbons (Fsp3) is 0.333. The molecule has 1 aromatic rings. The van der Waals surface area contributed by atoms with Gasteiger partial charge in [0.25, 0.3) is 0 Å². The Morgan fingerprint density at radius 3 is 2.93 bits per heavy atom. The van der Waals surface area contributed by atoms with Gasteiger partial charge in [0.05, 0.1) is 17.9 Å². The third-order valence-electron chi connectivity index (χ3n) is 1.77. The van der Waals surface area contributed by atoms with Crippen molar-refractivity contribution < 1.29 is 4.79 Å². The third kappa shape index (κ3) is 3.08. The average molecular weight is 258 g/mol. The SMILES string of the molecule is CC[C@H](N)C(=O)Nc1ccc(Br)nc1. The highest BCUT2D eigenvalue weighted by Gasteiger charge is 2.10. The number of halogens is 1. The van der Waals surface area contributed by atoms with E-state index in [1.54, 1.807) is 18.3 Å². The van der Waals surface area contributed by atoms with Crippen LogP contribution in [0.2, 0.25) is 0 Å². The Kier molecular flexibility index (Phi) is 4.03. The number of anilines is 1. The van der Waals surface area contributed by atoms with Crippen LogP contribution in [-0.4, -0.2) is 16.9 Å². The molecule has 4 nitrogen and oxygen atoms in total. The Bertz CT molecular complexity index is 312. The number of pyridine rings is 1.